The lowest BCUT2D eigenvalue weighted by Gasteiger charge is -2.17. The van der Waals surface area contributed by atoms with Crippen molar-refractivity contribution in [3.05, 3.63) is 53.0 Å². The van der Waals surface area contributed by atoms with Gasteiger partial charge in [-0.05, 0) is 30.3 Å². The molecule has 5 nitrogen and oxygen atoms in total. The van der Waals surface area contributed by atoms with E-state index in [4.69, 9.17) is 4.74 Å². The summed E-state index contributed by atoms with van der Waals surface area (Å²) < 4.78 is 6.08. The number of methoxy groups -OCH3 is 1. The number of halogens is 1. The van der Waals surface area contributed by atoms with Crippen molar-refractivity contribution in [1.29, 1.82) is 0 Å². The lowest BCUT2D eigenvalue weighted by atomic mass is 10.1. The number of ether oxygens (including phenoxy) is 1. The van der Waals surface area contributed by atoms with Gasteiger partial charge in [-0.2, -0.15) is 0 Å². The van der Waals surface area contributed by atoms with Crippen molar-refractivity contribution in [3.8, 4) is 5.75 Å². The van der Waals surface area contributed by atoms with E-state index >= 15 is 0 Å². The number of nitrogens with zero attached hydrogens (tertiary/aromatic N) is 1. The minimum atomic E-state index is -0.373. The first-order valence-corrected chi connectivity index (χ1v) is 8.37. The lowest BCUT2D eigenvalue weighted by molar-refractivity contribution is -0.122. The van der Waals surface area contributed by atoms with Gasteiger partial charge >= 0.3 is 0 Å². The summed E-state index contributed by atoms with van der Waals surface area (Å²) >= 11 is 3.37. The molecule has 1 atom stereocenters. The SMILES string of the molecule is COc1cccc(N2C[C@@H](C(=O)Nc3cccc(Br)c3)CC2=O)c1. The lowest BCUT2D eigenvalue weighted by Crippen LogP contribution is -2.28. The Balaban J connectivity index is 1.70. The van der Waals surface area contributed by atoms with E-state index in [1.54, 1.807) is 18.1 Å². The zero-order chi connectivity index (χ0) is 17.1. The number of hydrogen-bond donors (Lipinski definition) is 1. The molecule has 1 N–H and O–H groups in total. The first-order chi connectivity index (χ1) is 11.6. The van der Waals surface area contributed by atoms with Crippen LogP contribution in [0.25, 0.3) is 0 Å². The van der Waals surface area contributed by atoms with Crippen molar-refractivity contribution < 1.29 is 14.3 Å². The van der Waals surface area contributed by atoms with Gasteiger partial charge in [-0.1, -0.05) is 28.1 Å². The molecule has 3 rings (SSSR count). The molecule has 124 valence electrons. The van der Waals surface area contributed by atoms with Crippen LogP contribution in [0.1, 0.15) is 6.42 Å². The molecule has 0 radical (unpaired) electrons. The Labute approximate surface area is 148 Å². The number of rotatable bonds is 4. The Kier molecular flexibility index (Phi) is 4.85. The van der Waals surface area contributed by atoms with E-state index in [0.717, 1.165) is 10.2 Å². The molecule has 2 amide bonds. The Bertz CT molecular complexity index is 778. The second-order valence-electron chi connectivity index (χ2n) is 5.61. The van der Waals surface area contributed by atoms with Crippen molar-refractivity contribution in [2.75, 3.05) is 23.9 Å². The standard InChI is InChI=1S/C18H17BrN2O3/c1-24-16-7-3-6-15(10-16)21-11-12(8-17(21)22)18(23)20-14-5-2-4-13(19)9-14/h2-7,9-10,12H,8,11H2,1H3,(H,20,23)/t12-/m0/s1. The summed E-state index contributed by atoms with van der Waals surface area (Å²) in [6.07, 6.45) is 0.205. The molecule has 1 saturated heterocycles. The molecule has 0 bridgehead atoms. The van der Waals surface area contributed by atoms with E-state index in [2.05, 4.69) is 21.2 Å². The van der Waals surface area contributed by atoms with Crippen molar-refractivity contribution in [3.63, 3.8) is 0 Å². The third kappa shape index (κ3) is 3.59. The summed E-state index contributed by atoms with van der Waals surface area (Å²) in [7, 11) is 1.58. The van der Waals surface area contributed by atoms with Crippen LogP contribution in [0.3, 0.4) is 0 Å². The summed E-state index contributed by atoms with van der Waals surface area (Å²) in [6, 6.07) is 14.7. The van der Waals surface area contributed by atoms with Crippen LogP contribution >= 0.6 is 15.9 Å². The highest BCUT2D eigenvalue weighted by molar-refractivity contribution is 9.10. The summed E-state index contributed by atoms with van der Waals surface area (Å²) in [5.74, 6) is 0.106. The molecule has 2 aromatic carbocycles. The predicted octanol–water partition coefficient (Wildman–Crippen LogP) is 3.45. The molecule has 0 saturated carbocycles. The average Bonchev–Trinajstić information content (AvgIpc) is 2.97. The molecule has 1 heterocycles. The second kappa shape index (κ2) is 7.05. The van der Waals surface area contributed by atoms with Crippen molar-refractivity contribution in [2.45, 2.75) is 6.42 Å². The quantitative estimate of drug-likeness (QED) is 0.872. The zero-order valence-electron chi connectivity index (χ0n) is 13.2. The number of carbonyl (C=O) groups is 2. The molecule has 6 heteroatoms. The normalized spacial score (nSPS) is 17.0. The first kappa shape index (κ1) is 16.5. The van der Waals surface area contributed by atoms with Gasteiger partial charge in [0.05, 0.1) is 13.0 Å². The zero-order valence-corrected chi connectivity index (χ0v) is 14.7. The molecule has 0 spiro atoms. The average molecular weight is 389 g/mol. The number of amides is 2. The highest BCUT2D eigenvalue weighted by Crippen LogP contribution is 2.28. The van der Waals surface area contributed by atoms with Gasteiger partial charge < -0.3 is 15.0 Å². The fourth-order valence-corrected chi connectivity index (χ4v) is 3.12. The number of nitrogens with one attached hydrogen (secondary N) is 1. The number of anilines is 2. The maximum atomic E-state index is 12.4. The molecule has 1 fully saturated rings. The smallest absolute Gasteiger partial charge is 0.229 e. The molecule has 2 aromatic rings. The fraction of sp³-hybridized carbons (Fsp3) is 0.222. The molecule has 0 aromatic heterocycles. The van der Waals surface area contributed by atoms with E-state index in [1.807, 2.05) is 42.5 Å². The maximum absolute atomic E-state index is 12.4. The highest BCUT2D eigenvalue weighted by Gasteiger charge is 2.35. The maximum Gasteiger partial charge on any atom is 0.229 e. The fourth-order valence-electron chi connectivity index (χ4n) is 2.72. The van der Waals surface area contributed by atoms with E-state index in [0.29, 0.717) is 18.0 Å². The summed E-state index contributed by atoms with van der Waals surface area (Å²) in [4.78, 5) is 26.4. The third-order valence-corrected chi connectivity index (χ3v) is 4.45. The minimum Gasteiger partial charge on any atom is -0.497 e. The van der Waals surface area contributed by atoms with E-state index in [1.165, 1.54) is 0 Å². The van der Waals surface area contributed by atoms with Crippen molar-refractivity contribution in [2.24, 2.45) is 5.92 Å². The summed E-state index contributed by atoms with van der Waals surface area (Å²) in [5.41, 5.74) is 1.46. The predicted molar refractivity (Wildman–Crippen MR) is 96.2 cm³/mol. The van der Waals surface area contributed by atoms with Crippen LogP contribution in [0.5, 0.6) is 5.75 Å². The Morgan fingerprint density at radius 2 is 2.04 bits per heavy atom. The van der Waals surface area contributed by atoms with Crippen LogP contribution in [0.4, 0.5) is 11.4 Å². The van der Waals surface area contributed by atoms with Gasteiger partial charge in [0.2, 0.25) is 11.8 Å². The summed E-state index contributed by atoms with van der Waals surface area (Å²) in [6.45, 7) is 0.367. The van der Waals surface area contributed by atoms with E-state index in [-0.39, 0.29) is 24.2 Å². The topological polar surface area (TPSA) is 58.6 Å². The van der Waals surface area contributed by atoms with Crippen LogP contribution < -0.4 is 15.0 Å². The van der Waals surface area contributed by atoms with Crippen LogP contribution in [-0.2, 0) is 9.59 Å². The van der Waals surface area contributed by atoms with E-state index in [9.17, 15) is 9.59 Å². The number of carbonyl (C=O) groups excluding carboxylic acids is 2. The number of hydrogen-bond acceptors (Lipinski definition) is 3. The molecular formula is C18H17BrN2O3. The van der Waals surface area contributed by atoms with Crippen molar-refractivity contribution in [1.82, 2.24) is 0 Å². The van der Waals surface area contributed by atoms with Gasteiger partial charge in [-0.15, -0.1) is 0 Å². The molecule has 0 unspecified atom stereocenters. The molecule has 1 aliphatic rings. The van der Waals surface area contributed by atoms with Crippen LogP contribution in [0.2, 0.25) is 0 Å². The Hall–Kier alpha value is -2.34. The van der Waals surface area contributed by atoms with Crippen molar-refractivity contribution >= 4 is 39.1 Å². The van der Waals surface area contributed by atoms with Gasteiger partial charge in [-0.25, -0.2) is 0 Å². The van der Waals surface area contributed by atoms with Crippen LogP contribution in [0.15, 0.2) is 53.0 Å². The third-order valence-electron chi connectivity index (χ3n) is 3.95. The largest absolute Gasteiger partial charge is 0.497 e. The minimum absolute atomic E-state index is 0.0577. The van der Waals surface area contributed by atoms with E-state index < -0.39 is 0 Å². The van der Waals surface area contributed by atoms with Gasteiger partial charge in [0.1, 0.15) is 5.75 Å². The van der Waals surface area contributed by atoms with Gasteiger partial charge in [0, 0.05) is 34.9 Å². The molecule has 24 heavy (non-hydrogen) atoms. The van der Waals surface area contributed by atoms with Gasteiger partial charge in [0.25, 0.3) is 0 Å². The van der Waals surface area contributed by atoms with Crippen LogP contribution in [-0.4, -0.2) is 25.5 Å². The summed E-state index contributed by atoms with van der Waals surface area (Å²) in [5, 5.41) is 2.87. The second-order valence-corrected chi connectivity index (χ2v) is 6.52. The Morgan fingerprint density at radius 3 is 2.79 bits per heavy atom. The molecule has 0 aliphatic carbocycles. The highest BCUT2D eigenvalue weighted by atomic mass is 79.9. The first-order valence-electron chi connectivity index (χ1n) is 7.57. The van der Waals surface area contributed by atoms with Gasteiger partial charge in [-0.3, -0.25) is 9.59 Å². The Morgan fingerprint density at radius 1 is 1.25 bits per heavy atom. The van der Waals surface area contributed by atoms with Gasteiger partial charge in [0.15, 0.2) is 0 Å². The molecular weight excluding hydrogens is 372 g/mol. The number of benzene rings is 2. The van der Waals surface area contributed by atoms with Crippen LogP contribution in [0, 0.1) is 5.92 Å². The molecule has 1 aliphatic heterocycles. The monoisotopic (exact) mass is 388 g/mol.